The first-order chi connectivity index (χ1) is 14.7. The summed E-state index contributed by atoms with van der Waals surface area (Å²) in [6, 6.07) is 18.2. The number of carbonyl (C=O) groups excluding carboxylic acids is 1. The fraction of sp³-hybridized carbons (Fsp3) is 0.458. The molecule has 2 aromatic carbocycles. The van der Waals surface area contributed by atoms with Crippen LogP contribution in [0, 0.1) is 0 Å². The molecule has 0 atom stereocenters. The maximum atomic E-state index is 13.7. The molecular formula is C24H29BrN2O3. The van der Waals surface area contributed by atoms with E-state index < -0.39 is 5.41 Å². The lowest BCUT2D eigenvalue weighted by atomic mass is 9.73. The fourth-order valence-electron chi connectivity index (χ4n) is 4.40. The molecule has 0 aromatic heterocycles. The van der Waals surface area contributed by atoms with Gasteiger partial charge in [0.1, 0.15) is 12.4 Å². The number of piperazine rings is 1. The molecule has 4 rings (SSSR count). The average molecular weight is 473 g/mol. The molecule has 30 heavy (non-hydrogen) atoms. The maximum absolute atomic E-state index is 13.7. The van der Waals surface area contributed by atoms with Gasteiger partial charge in [-0.05, 0) is 42.7 Å². The van der Waals surface area contributed by atoms with Crippen molar-refractivity contribution in [3.8, 4) is 5.75 Å². The van der Waals surface area contributed by atoms with E-state index in [1.54, 1.807) is 0 Å². The molecule has 0 unspecified atom stereocenters. The zero-order valence-electron chi connectivity index (χ0n) is 17.3. The molecule has 2 aliphatic rings. The van der Waals surface area contributed by atoms with Gasteiger partial charge < -0.3 is 14.4 Å². The highest BCUT2D eigenvalue weighted by Crippen LogP contribution is 2.37. The molecular weight excluding hydrogens is 444 g/mol. The highest BCUT2D eigenvalue weighted by Gasteiger charge is 2.44. The number of amides is 1. The Morgan fingerprint density at radius 3 is 2.30 bits per heavy atom. The van der Waals surface area contributed by atoms with E-state index in [0.29, 0.717) is 19.8 Å². The van der Waals surface area contributed by atoms with Crippen LogP contribution in [0.5, 0.6) is 5.75 Å². The van der Waals surface area contributed by atoms with Crippen LogP contribution in [0.15, 0.2) is 59.1 Å². The predicted octanol–water partition coefficient (Wildman–Crippen LogP) is 3.72. The first-order valence-electron chi connectivity index (χ1n) is 10.7. The van der Waals surface area contributed by atoms with Crippen LogP contribution in [0.4, 0.5) is 0 Å². The quantitative estimate of drug-likeness (QED) is 0.642. The van der Waals surface area contributed by atoms with E-state index in [2.05, 4.69) is 37.9 Å². The minimum atomic E-state index is -0.461. The van der Waals surface area contributed by atoms with Crippen molar-refractivity contribution in [2.45, 2.75) is 18.3 Å². The van der Waals surface area contributed by atoms with E-state index in [-0.39, 0.29) is 5.91 Å². The monoisotopic (exact) mass is 472 g/mol. The number of carbonyl (C=O) groups is 1. The Labute approximate surface area is 187 Å². The minimum Gasteiger partial charge on any atom is -0.492 e. The summed E-state index contributed by atoms with van der Waals surface area (Å²) in [6.45, 7) is 6.12. The highest BCUT2D eigenvalue weighted by molar-refractivity contribution is 9.10. The first-order valence-corrected chi connectivity index (χ1v) is 11.5. The number of hydrogen-bond donors (Lipinski definition) is 0. The highest BCUT2D eigenvalue weighted by atomic mass is 79.9. The van der Waals surface area contributed by atoms with Crippen molar-refractivity contribution >= 4 is 21.8 Å². The van der Waals surface area contributed by atoms with Gasteiger partial charge in [-0.3, -0.25) is 9.69 Å². The summed E-state index contributed by atoms with van der Waals surface area (Å²) in [6.07, 6.45) is 1.50. The normalized spacial score (nSPS) is 19.4. The third-order valence-electron chi connectivity index (χ3n) is 6.23. The van der Waals surface area contributed by atoms with Gasteiger partial charge in [0, 0.05) is 50.4 Å². The largest absolute Gasteiger partial charge is 0.492 e. The Kier molecular flexibility index (Phi) is 7.08. The van der Waals surface area contributed by atoms with Crippen molar-refractivity contribution in [1.82, 2.24) is 9.80 Å². The topological polar surface area (TPSA) is 42.0 Å². The molecule has 1 amide bonds. The van der Waals surface area contributed by atoms with Crippen LogP contribution < -0.4 is 4.74 Å². The minimum absolute atomic E-state index is 0.258. The van der Waals surface area contributed by atoms with Crippen molar-refractivity contribution in [2.75, 3.05) is 52.5 Å². The fourth-order valence-corrected chi connectivity index (χ4v) is 4.67. The van der Waals surface area contributed by atoms with Crippen LogP contribution in [0.25, 0.3) is 0 Å². The van der Waals surface area contributed by atoms with E-state index in [4.69, 9.17) is 9.47 Å². The average Bonchev–Trinajstić information content (AvgIpc) is 2.81. The van der Waals surface area contributed by atoms with Gasteiger partial charge in [-0.2, -0.15) is 0 Å². The van der Waals surface area contributed by atoms with Crippen molar-refractivity contribution < 1.29 is 14.3 Å². The number of halogens is 1. The van der Waals surface area contributed by atoms with Gasteiger partial charge in [0.15, 0.2) is 0 Å². The molecule has 2 fully saturated rings. The second-order valence-electron chi connectivity index (χ2n) is 8.00. The van der Waals surface area contributed by atoms with E-state index >= 15 is 0 Å². The van der Waals surface area contributed by atoms with E-state index in [0.717, 1.165) is 61.4 Å². The molecule has 0 N–H and O–H groups in total. The third-order valence-corrected chi connectivity index (χ3v) is 6.76. The van der Waals surface area contributed by atoms with Gasteiger partial charge in [-0.1, -0.05) is 46.3 Å². The SMILES string of the molecule is O=C(N1CCN(CCOc2ccccc2)CC1)C1(c2ccc(Br)cc2)CCOCC1. The van der Waals surface area contributed by atoms with Gasteiger partial charge in [-0.15, -0.1) is 0 Å². The van der Waals surface area contributed by atoms with Gasteiger partial charge in [0.05, 0.1) is 5.41 Å². The van der Waals surface area contributed by atoms with Crippen LogP contribution >= 0.6 is 15.9 Å². The zero-order chi connectivity index (χ0) is 20.8. The summed E-state index contributed by atoms with van der Waals surface area (Å²) in [7, 11) is 0. The lowest BCUT2D eigenvalue weighted by Crippen LogP contribution is -2.56. The molecule has 2 aliphatic heterocycles. The summed E-state index contributed by atoms with van der Waals surface area (Å²) in [4.78, 5) is 18.1. The summed E-state index contributed by atoms with van der Waals surface area (Å²) < 4.78 is 12.5. The zero-order valence-corrected chi connectivity index (χ0v) is 18.9. The molecule has 2 heterocycles. The summed E-state index contributed by atoms with van der Waals surface area (Å²) >= 11 is 3.51. The lowest BCUT2D eigenvalue weighted by molar-refractivity contribution is -0.143. The molecule has 0 spiro atoms. The molecule has 0 aliphatic carbocycles. The standard InChI is InChI=1S/C24H29BrN2O3/c25-21-8-6-20(7-9-21)24(10-17-29-18-11-24)23(28)27-14-12-26(13-15-27)16-19-30-22-4-2-1-3-5-22/h1-9H,10-19H2. The smallest absolute Gasteiger partial charge is 0.233 e. The van der Waals surface area contributed by atoms with Gasteiger partial charge in [0.25, 0.3) is 0 Å². The van der Waals surface area contributed by atoms with Crippen molar-refractivity contribution in [2.24, 2.45) is 0 Å². The van der Waals surface area contributed by atoms with Gasteiger partial charge in [0.2, 0.25) is 5.91 Å². The van der Waals surface area contributed by atoms with Gasteiger partial charge in [-0.25, -0.2) is 0 Å². The summed E-state index contributed by atoms with van der Waals surface area (Å²) in [5.74, 6) is 1.16. The predicted molar refractivity (Wildman–Crippen MR) is 121 cm³/mol. The molecule has 2 aromatic rings. The lowest BCUT2D eigenvalue weighted by Gasteiger charge is -2.43. The third kappa shape index (κ3) is 4.88. The van der Waals surface area contributed by atoms with E-state index in [1.165, 1.54) is 0 Å². The maximum Gasteiger partial charge on any atom is 0.233 e. The Morgan fingerprint density at radius 1 is 0.967 bits per heavy atom. The van der Waals surface area contributed by atoms with Crippen molar-refractivity contribution in [3.63, 3.8) is 0 Å². The Hall–Kier alpha value is -1.89. The Balaban J connectivity index is 1.34. The van der Waals surface area contributed by atoms with E-state index in [9.17, 15) is 4.79 Å². The van der Waals surface area contributed by atoms with Crippen LogP contribution in [-0.2, 0) is 14.9 Å². The van der Waals surface area contributed by atoms with Crippen LogP contribution in [-0.4, -0.2) is 68.3 Å². The van der Waals surface area contributed by atoms with Crippen LogP contribution in [0.2, 0.25) is 0 Å². The molecule has 5 nitrogen and oxygen atoms in total. The molecule has 160 valence electrons. The number of para-hydroxylation sites is 1. The summed E-state index contributed by atoms with van der Waals surface area (Å²) in [5.41, 5.74) is 0.648. The second-order valence-corrected chi connectivity index (χ2v) is 8.91. The van der Waals surface area contributed by atoms with Crippen molar-refractivity contribution in [1.29, 1.82) is 0 Å². The van der Waals surface area contributed by atoms with E-state index in [1.807, 2.05) is 42.5 Å². The van der Waals surface area contributed by atoms with Crippen LogP contribution in [0.3, 0.4) is 0 Å². The number of hydrogen-bond acceptors (Lipinski definition) is 4. The molecule has 0 saturated carbocycles. The van der Waals surface area contributed by atoms with Gasteiger partial charge >= 0.3 is 0 Å². The molecule has 0 radical (unpaired) electrons. The number of ether oxygens (including phenoxy) is 2. The number of rotatable bonds is 6. The summed E-state index contributed by atoms with van der Waals surface area (Å²) in [5, 5.41) is 0. The van der Waals surface area contributed by atoms with Crippen molar-refractivity contribution in [3.05, 3.63) is 64.6 Å². The molecule has 2 saturated heterocycles. The van der Waals surface area contributed by atoms with Crippen LogP contribution in [0.1, 0.15) is 18.4 Å². The number of nitrogens with zero attached hydrogens (tertiary/aromatic N) is 2. The second kappa shape index (κ2) is 9.94. The number of benzene rings is 2. The first kappa shape index (κ1) is 21.3. The molecule has 6 heteroatoms. The Bertz CT molecular complexity index is 814. The Morgan fingerprint density at radius 2 is 1.63 bits per heavy atom. The molecule has 0 bridgehead atoms.